The lowest BCUT2D eigenvalue weighted by Crippen LogP contribution is -2.40. The summed E-state index contributed by atoms with van der Waals surface area (Å²) >= 11 is 0. The zero-order valence-electron chi connectivity index (χ0n) is 8.76. The lowest BCUT2D eigenvalue weighted by molar-refractivity contribution is -0.143. The van der Waals surface area contributed by atoms with Gasteiger partial charge in [-0.25, -0.2) is 5.48 Å². The summed E-state index contributed by atoms with van der Waals surface area (Å²) in [5.74, 6) is -0.0568. The van der Waals surface area contributed by atoms with Gasteiger partial charge in [0, 0.05) is 13.7 Å². The molecule has 14 heavy (non-hydrogen) atoms. The van der Waals surface area contributed by atoms with Crippen molar-refractivity contribution in [2.45, 2.75) is 13.3 Å². The van der Waals surface area contributed by atoms with E-state index in [0.717, 1.165) is 13.0 Å². The van der Waals surface area contributed by atoms with Crippen molar-refractivity contribution in [2.24, 2.45) is 5.41 Å². The Morgan fingerprint density at radius 2 is 2.36 bits per heavy atom. The van der Waals surface area contributed by atoms with Crippen molar-refractivity contribution in [3.8, 4) is 0 Å². The molecule has 1 aliphatic rings. The molecule has 82 valence electrons. The quantitative estimate of drug-likeness (QED) is 0.474. The SMILES string of the molecule is COCCONC(=O)C1(C)CCNC1. The molecule has 0 aliphatic carbocycles. The van der Waals surface area contributed by atoms with E-state index in [-0.39, 0.29) is 11.3 Å². The molecule has 1 saturated heterocycles. The first-order valence-electron chi connectivity index (χ1n) is 4.81. The third-order valence-corrected chi connectivity index (χ3v) is 2.47. The van der Waals surface area contributed by atoms with Crippen LogP contribution in [0.3, 0.4) is 0 Å². The molecule has 0 aromatic heterocycles. The van der Waals surface area contributed by atoms with Gasteiger partial charge in [-0.05, 0) is 19.9 Å². The Morgan fingerprint density at radius 3 is 2.93 bits per heavy atom. The average Bonchev–Trinajstić information content (AvgIpc) is 2.61. The molecule has 0 radical (unpaired) electrons. The van der Waals surface area contributed by atoms with E-state index in [0.29, 0.717) is 19.8 Å². The van der Waals surface area contributed by atoms with Crippen LogP contribution in [0.5, 0.6) is 0 Å². The van der Waals surface area contributed by atoms with Crippen LogP contribution in [0, 0.1) is 5.41 Å². The molecule has 2 N–H and O–H groups in total. The van der Waals surface area contributed by atoms with Gasteiger partial charge in [0.05, 0.1) is 18.6 Å². The van der Waals surface area contributed by atoms with Crippen molar-refractivity contribution in [3.63, 3.8) is 0 Å². The van der Waals surface area contributed by atoms with Gasteiger partial charge in [0.1, 0.15) is 0 Å². The average molecular weight is 202 g/mol. The first kappa shape index (κ1) is 11.4. The van der Waals surface area contributed by atoms with E-state index in [1.54, 1.807) is 7.11 Å². The Labute approximate surface area is 84.1 Å². The molecule has 0 saturated carbocycles. The molecule has 1 atom stereocenters. The number of hydrogen-bond donors (Lipinski definition) is 2. The minimum Gasteiger partial charge on any atom is -0.382 e. The first-order valence-corrected chi connectivity index (χ1v) is 4.81. The summed E-state index contributed by atoms with van der Waals surface area (Å²) in [7, 11) is 1.59. The minimum atomic E-state index is -0.326. The molecule has 1 heterocycles. The third kappa shape index (κ3) is 2.94. The molecule has 0 bridgehead atoms. The second kappa shape index (κ2) is 5.29. The zero-order valence-corrected chi connectivity index (χ0v) is 8.76. The van der Waals surface area contributed by atoms with Crippen LogP contribution in [0.15, 0.2) is 0 Å². The molecule has 1 rings (SSSR count). The zero-order chi connectivity index (χ0) is 10.4. The molecule has 5 heteroatoms. The van der Waals surface area contributed by atoms with Crippen LogP contribution in [-0.2, 0) is 14.4 Å². The molecular weight excluding hydrogens is 184 g/mol. The number of rotatable bonds is 5. The smallest absolute Gasteiger partial charge is 0.250 e. The second-order valence-corrected chi connectivity index (χ2v) is 3.76. The minimum absolute atomic E-state index is 0.0568. The normalized spacial score (nSPS) is 26.4. The summed E-state index contributed by atoms with van der Waals surface area (Å²) in [5, 5.41) is 3.15. The highest BCUT2D eigenvalue weighted by Gasteiger charge is 2.36. The predicted octanol–water partition coefficient (Wildman–Crippen LogP) is -0.320. The van der Waals surface area contributed by atoms with Crippen LogP contribution in [0.25, 0.3) is 0 Å². The molecule has 1 unspecified atom stereocenters. The highest BCUT2D eigenvalue weighted by Crippen LogP contribution is 2.24. The summed E-state index contributed by atoms with van der Waals surface area (Å²) in [6, 6.07) is 0. The third-order valence-electron chi connectivity index (χ3n) is 2.47. The van der Waals surface area contributed by atoms with Crippen LogP contribution in [0.1, 0.15) is 13.3 Å². The van der Waals surface area contributed by atoms with Gasteiger partial charge < -0.3 is 10.1 Å². The Balaban J connectivity index is 2.20. The van der Waals surface area contributed by atoms with Crippen molar-refractivity contribution in [2.75, 3.05) is 33.4 Å². The number of amides is 1. The lowest BCUT2D eigenvalue weighted by Gasteiger charge is -2.20. The van der Waals surface area contributed by atoms with Gasteiger partial charge in [0.2, 0.25) is 0 Å². The molecular formula is C9H18N2O3. The van der Waals surface area contributed by atoms with Gasteiger partial charge in [0.25, 0.3) is 5.91 Å². The van der Waals surface area contributed by atoms with E-state index < -0.39 is 0 Å². The van der Waals surface area contributed by atoms with E-state index in [4.69, 9.17) is 9.57 Å². The van der Waals surface area contributed by atoms with Gasteiger partial charge in [-0.3, -0.25) is 9.63 Å². The number of nitrogens with one attached hydrogen (secondary N) is 2. The van der Waals surface area contributed by atoms with Crippen LogP contribution in [-0.4, -0.2) is 39.3 Å². The maximum absolute atomic E-state index is 11.6. The van der Waals surface area contributed by atoms with Gasteiger partial charge in [-0.1, -0.05) is 0 Å². The van der Waals surface area contributed by atoms with E-state index in [1.165, 1.54) is 0 Å². The summed E-state index contributed by atoms with van der Waals surface area (Å²) in [4.78, 5) is 16.6. The number of ether oxygens (including phenoxy) is 1. The van der Waals surface area contributed by atoms with Crippen LogP contribution >= 0.6 is 0 Å². The highest BCUT2D eigenvalue weighted by atomic mass is 16.7. The topological polar surface area (TPSA) is 59.6 Å². The molecule has 1 fully saturated rings. The second-order valence-electron chi connectivity index (χ2n) is 3.76. The fourth-order valence-electron chi connectivity index (χ4n) is 1.38. The standard InChI is InChI=1S/C9H18N2O3/c1-9(3-4-10-7-9)8(12)11-14-6-5-13-2/h10H,3-7H2,1-2H3,(H,11,12). The van der Waals surface area contributed by atoms with Gasteiger partial charge in [-0.15, -0.1) is 0 Å². The first-order chi connectivity index (χ1) is 6.69. The number of carbonyl (C=O) groups excluding carboxylic acids is 1. The maximum atomic E-state index is 11.6. The Bertz CT molecular complexity index is 190. The number of hydrogen-bond acceptors (Lipinski definition) is 4. The molecule has 1 amide bonds. The van der Waals surface area contributed by atoms with Crippen molar-refractivity contribution in [1.82, 2.24) is 10.8 Å². The number of hydroxylamine groups is 1. The summed E-state index contributed by atoms with van der Waals surface area (Å²) < 4.78 is 4.79. The summed E-state index contributed by atoms with van der Waals surface area (Å²) in [5.41, 5.74) is 2.11. The number of methoxy groups -OCH3 is 1. The Kier molecular flexibility index (Phi) is 4.31. The molecule has 1 aliphatic heterocycles. The largest absolute Gasteiger partial charge is 0.382 e. The monoisotopic (exact) mass is 202 g/mol. The van der Waals surface area contributed by atoms with Crippen molar-refractivity contribution in [3.05, 3.63) is 0 Å². The van der Waals surface area contributed by atoms with Crippen LogP contribution in [0.2, 0.25) is 0 Å². The lowest BCUT2D eigenvalue weighted by atomic mass is 9.89. The predicted molar refractivity (Wildman–Crippen MR) is 51.6 cm³/mol. The Hall–Kier alpha value is -0.650. The van der Waals surface area contributed by atoms with Crippen molar-refractivity contribution >= 4 is 5.91 Å². The number of carbonyl (C=O) groups is 1. The Morgan fingerprint density at radius 1 is 1.57 bits per heavy atom. The molecule has 0 spiro atoms. The van der Waals surface area contributed by atoms with Crippen molar-refractivity contribution < 1.29 is 14.4 Å². The molecule has 5 nitrogen and oxygen atoms in total. The van der Waals surface area contributed by atoms with Gasteiger partial charge >= 0.3 is 0 Å². The van der Waals surface area contributed by atoms with Gasteiger partial charge in [0.15, 0.2) is 0 Å². The van der Waals surface area contributed by atoms with Crippen molar-refractivity contribution in [1.29, 1.82) is 0 Å². The van der Waals surface area contributed by atoms with E-state index in [2.05, 4.69) is 10.8 Å². The van der Waals surface area contributed by atoms with Crippen LogP contribution < -0.4 is 10.8 Å². The summed E-state index contributed by atoms with van der Waals surface area (Å²) in [6.45, 7) is 4.40. The summed E-state index contributed by atoms with van der Waals surface area (Å²) in [6.07, 6.45) is 0.854. The van der Waals surface area contributed by atoms with Gasteiger partial charge in [-0.2, -0.15) is 0 Å². The highest BCUT2D eigenvalue weighted by molar-refractivity contribution is 5.81. The van der Waals surface area contributed by atoms with E-state index >= 15 is 0 Å². The molecule has 0 aromatic carbocycles. The van der Waals surface area contributed by atoms with Crippen LogP contribution in [0.4, 0.5) is 0 Å². The maximum Gasteiger partial charge on any atom is 0.250 e. The van der Waals surface area contributed by atoms with E-state index in [9.17, 15) is 4.79 Å². The molecule has 0 aromatic rings. The fraction of sp³-hybridized carbons (Fsp3) is 0.889. The fourth-order valence-corrected chi connectivity index (χ4v) is 1.38. The van der Waals surface area contributed by atoms with E-state index in [1.807, 2.05) is 6.92 Å².